The van der Waals surface area contributed by atoms with Gasteiger partial charge in [-0.25, -0.2) is 4.79 Å². The smallest absolute Gasteiger partial charge is 0.334 e. The third-order valence-electron chi connectivity index (χ3n) is 7.66. The molecule has 0 saturated heterocycles. The number of fused-ring (bicyclic) bond motifs is 2. The van der Waals surface area contributed by atoms with Crippen LogP contribution in [0.1, 0.15) is 47.6 Å². The number of aryl methyl sites for hydroxylation is 1. The number of nitrogens with one attached hydrogen (secondary N) is 3. The Labute approximate surface area is 237 Å². The number of aromatic nitrogens is 1. The van der Waals surface area contributed by atoms with Crippen molar-refractivity contribution in [3.05, 3.63) is 105 Å². The number of anilines is 1. The lowest BCUT2D eigenvalue weighted by Gasteiger charge is -2.28. The Morgan fingerprint density at radius 1 is 1.05 bits per heavy atom. The summed E-state index contributed by atoms with van der Waals surface area (Å²) >= 11 is 0. The molecule has 5 rings (SSSR count). The van der Waals surface area contributed by atoms with Crippen molar-refractivity contribution >= 4 is 22.6 Å². The van der Waals surface area contributed by atoms with Crippen molar-refractivity contribution in [1.29, 1.82) is 0 Å². The summed E-state index contributed by atoms with van der Waals surface area (Å²) in [6.07, 6.45) is 2.13. The van der Waals surface area contributed by atoms with E-state index in [0.29, 0.717) is 49.2 Å². The topological polar surface area (TPSA) is 144 Å². The number of H-pyrrole nitrogens is 1. The van der Waals surface area contributed by atoms with Crippen LogP contribution in [0, 0.1) is 0 Å². The second kappa shape index (κ2) is 12.6. The second-order valence-electron chi connectivity index (χ2n) is 10.5. The van der Waals surface area contributed by atoms with Crippen molar-refractivity contribution in [3.8, 4) is 5.75 Å². The highest BCUT2D eigenvalue weighted by atomic mass is 16.5. The number of carboxylic acids is 1. The van der Waals surface area contributed by atoms with Gasteiger partial charge in [0.25, 0.3) is 0 Å². The fourth-order valence-electron chi connectivity index (χ4n) is 5.54. The lowest BCUT2D eigenvalue weighted by molar-refractivity contribution is -0.142. The maximum absolute atomic E-state index is 12.4. The molecule has 1 aliphatic carbocycles. The summed E-state index contributed by atoms with van der Waals surface area (Å²) in [6, 6.07) is 21.5. The first-order valence-corrected chi connectivity index (χ1v) is 13.9. The molecule has 3 aromatic carbocycles. The number of aliphatic hydroxyl groups excluding tert-OH is 1. The molecular formula is C32H35N3O6. The number of phenolic OH excluding ortho intramolecular Hbond substituents is 1. The van der Waals surface area contributed by atoms with Gasteiger partial charge < -0.3 is 35.7 Å². The maximum atomic E-state index is 12.4. The average molecular weight is 558 g/mol. The molecule has 9 nitrogen and oxygen atoms in total. The van der Waals surface area contributed by atoms with Gasteiger partial charge in [0.15, 0.2) is 5.54 Å². The standard InChI is InChI=1S/C32H35N3O6/c36-27-12-10-24(25-11-13-29(38)34-30(25)27)28(37)19-33-16-3-4-17-41-20-21-6-5-8-23(18-21)35-32(31(39)40)15-14-22-7-1-2-9-26(22)32/h1-2,5-13,18,28,33,35-37H,3-4,14-17,19-20H2,(H,34,38)(H,39,40)/t28-,32?/m0/s1. The van der Waals surface area contributed by atoms with Gasteiger partial charge in [0, 0.05) is 30.3 Å². The summed E-state index contributed by atoms with van der Waals surface area (Å²) in [5.74, 6) is -0.911. The molecule has 1 unspecified atom stereocenters. The summed E-state index contributed by atoms with van der Waals surface area (Å²) in [6.45, 7) is 2.03. The van der Waals surface area contributed by atoms with Crippen LogP contribution in [0.3, 0.4) is 0 Å². The molecule has 0 spiro atoms. The number of carbonyl (C=O) groups is 1. The van der Waals surface area contributed by atoms with Gasteiger partial charge in [0.1, 0.15) is 5.75 Å². The number of unbranched alkanes of at least 4 members (excludes halogenated alkanes) is 1. The largest absolute Gasteiger partial charge is 0.506 e. The lowest BCUT2D eigenvalue weighted by Crippen LogP contribution is -2.41. The molecule has 6 N–H and O–H groups in total. The molecule has 4 aromatic rings. The van der Waals surface area contributed by atoms with Gasteiger partial charge in [-0.15, -0.1) is 0 Å². The monoisotopic (exact) mass is 557 g/mol. The van der Waals surface area contributed by atoms with E-state index in [1.807, 2.05) is 48.5 Å². The third kappa shape index (κ3) is 6.27. The Hall–Kier alpha value is -4.18. The summed E-state index contributed by atoms with van der Waals surface area (Å²) in [7, 11) is 0. The predicted molar refractivity (Wildman–Crippen MR) is 157 cm³/mol. The van der Waals surface area contributed by atoms with Crippen LogP contribution in [0.25, 0.3) is 10.9 Å². The molecule has 2 atom stereocenters. The highest BCUT2D eigenvalue weighted by Crippen LogP contribution is 2.40. The number of hydrogen-bond donors (Lipinski definition) is 6. The first-order chi connectivity index (χ1) is 19.9. The number of aromatic hydroxyl groups is 1. The average Bonchev–Trinajstić information content (AvgIpc) is 3.34. The first kappa shape index (κ1) is 28.4. The van der Waals surface area contributed by atoms with Crippen molar-refractivity contribution in [2.75, 3.05) is 25.0 Å². The molecule has 214 valence electrons. The minimum atomic E-state index is -1.13. The van der Waals surface area contributed by atoms with Crippen molar-refractivity contribution < 1.29 is 24.9 Å². The number of pyridine rings is 1. The van der Waals surface area contributed by atoms with Crippen LogP contribution in [0.15, 0.2) is 77.6 Å². The van der Waals surface area contributed by atoms with Gasteiger partial charge >= 0.3 is 5.97 Å². The minimum absolute atomic E-state index is 0.0339. The number of ether oxygens (including phenoxy) is 1. The van der Waals surface area contributed by atoms with E-state index in [0.717, 1.165) is 41.6 Å². The fourth-order valence-corrected chi connectivity index (χ4v) is 5.54. The molecular weight excluding hydrogens is 522 g/mol. The van der Waals surface area contributed by atoms with Gasteiger partial charge in [-0.1, -0.05) is 42.5 Å². The zero-order valence-electron chi connectivity index (χ0n) is 22.7. The maximum Gasteiger partial charge on any atom is 0.334 e. The Morgan fingerprint density at radius 3 is 2.76 bits per heavy atom. The number of aliphatic hydroxyl groups is 1. The zero-order valence-corrected chi connectivity index (χ0v) is 22.7. The Morgan fingerprint density at radius 2 is 1.90 bits per heavy atom. The molecule has 0 amide bonds. The first-order valence-electron chi connectivity index (χ1n) is 13.9. The van der Waals surface area contributed by atoms with Crippen molar-refractivity contribution in [2.24, 2.45) is 0 Å². The quantitative estimate of drug-likeness (QED) is 0.134. The van der Waals surface area contributed by atoms with Crippen LogP contribution >= 0.6 is 0 Å². The SMILES string of the molecule is O=C(O)C1(Nc2cccc(COCCCCNC[C@H](O)c3ccc(O)c4[nH]c(=O)ccc34)c2)CCc2ccccc21. The molecule has 1 aliphatic rings. The van der Waals surface area contributed by atoms with Crippen LogP contribution in [0.2, 0.25) is 0 Å². The number of rotatable bonds is 13. The number of phenols is 1. The third-order valence-corrected chi connectivity index (χ3v) is 7.66. The highest BCUT2D eigenvalue weighted by Gasteiger charge is 2.45. The van der Waals surface area contributed by atoms with E-state index in [-0.39, 0.29) is 11.3 Å². The minimum Gasteiger partial charge on any atom is -0.506 e. The highest BCUT2D eigenvalue weighted by molar-refractivity contribution is 5.87. The summed E-state index contributed by atoms with van der Waals surface area (Å²) < 4.78 is 5.87. The summed E-state index contributed by atoms with van der Waals surface area (Å²) in [5, 5.41) is 38.0. The number of hydrogen-bond acceptors (Lipinski definition) is 7. The van der Waals surface area contributed by atoms with E-state index < -0.39 is 17.6 Å². The molecule has 0 bridgehead atoms. The lowest BCUT2D eigenvalue weighted by atomic mass is 9.91. The van der Waals surface area contributed by atoms with E-state index in [4.69, 9.17) is 4.74 Å². The van der Waals surface area contributed by atoms with Crippen molar-refractivity contribution in [1.82, 2.24) is 10.3 Å². The zero-order chi connectivity index (χ0) is 28.8. The van der Waals surface area contributed by atoms with Gasteiger partial charge in [0.2, 0.25) is 5.56 Å². The van der Waals surface area contributed by atoms with Gasteiger partial charge in [-0.2, -0.15) is 0 Å². The summed E-state index contributed by atoms with van der Waals surface area (Å²) in [4.78, 5) is 26.6. The number of carboxylic acid groups (broad SMARTS) is 1. The van der Waals surface area contributed by atoms with Crippen LogP contribution in [-0.4, -0.2) is 46.0 Å². The van der Waals surface area contributed by atoms with Gasteiger partial charge in [-0.05, 0) is 78.7 Å². The van der Waals surface area contributed by atoms with Crippen LogP contribution < -0.4 is 16.2 Å². The molecule has 1 aromatic heterocycles. The van der Waals surface area contributed by atoms with E-state index in [1.54, 1.807) is 12.1 Å². The number of aromatic amines is 1. The van der Waals surface area contributed by atoms with Gasteiger partial charge in [-0.3, -0.25) is 4.79 Å². The van der Waals surface area contributed by atoms with E-state index in [2.05, 4.69) is 15.6 Å². The molecule has 0 saturated carbocycles. The Kier molecular flexibility index (Phi) is 8.68. The van der Waals surface area contributed by atoms with E-state index in [1.165, 1.54) is 12.1 Å². The van der Waals surface area contributed by atoms with E-state index in [9.17, 15) is 24.9 Å². The van der Waals surface area contributed by atoms with Crippen molar-refractivity contribution in [2.45, 2.75) is 43.9 Å². The number of benzene rings is 3. The fraction of sp³-hybridized carbons (Fsp3) is 0.312. The molecule has 0 fully saturated rings. The molecule has 41 heavy (non-hydrogen) atoms. The second-order valence-corrected chi connectivity index (χ2v) is 10.5. The normalized spacial score (nSPS) is 16.9. The molecule has 9 heteroatoms. The van der Waals surface area contributed by atoms with Gasteiger partial charge in [0.05, 0.1) is 18.2 Å². The molecule has 0 aliphatic heterocycles. The number of aliphatic carboxylic acids is 1. The Balaban J connectivity index is 1.05. The Bertz CT molecular complexity index is 1590. The predicted octanol–water partition coefficient (Wildman–Crippen LogP) is 4.19. The summed E-state index contributed by atoms with van der Waals surface area (Å²) in [5.41, 5.74) is 3.11. The molecule has 1 heterocycles. The molecule has 0 radical (unpaired) electrons. The van der Waals surface area contributed by atoms with Crippen LogP contribution in [-0.2, 0) is 28.1 Å². The van der Waals surface area contributed by atoms with E-state index >= 15 is 0 Å². The van der Waals surface area contributed by atoms with Crippen molar-refractivity contribution in [3.63, 3.8) is 0 Å². The van der Waals surface area contributed by atoms with Crippen LogP contribution in [0.5, 0.6) is 5.75 Å². The van der Waals surface area contributed by atoms with Crippen LogP contribution in [0.4, 0.5) is 5.69 Å².